The Balaban J connectivity index is 2.05. The van der Waals surface area contributed by atoms with Gasteiger partial charge in [0, 0.05) is 18.6 Å². The highest BCUT2D eigenvalue weighted by Gasteiger charge is 2.38. The maximum absolute atomic E-state index is 6.50. The van der Waals surface area contributed by atoms with Crippen molar-refractivity contribution < 1.29 is 4.74 Å². The Labute approximate surface area is 123 Å². The van der Waals surface area contributed by atoms with Crippen molar-refractivity contribution in [1.29, 1.82) is 0 Å². The van der Waals surface area contributed by atoms with Crippen LogP contribution in [-0.2, 0) is 6.54 Å². The molecule has 1 aliphatic rings. The lowest BCUT2D eigenvalue weighted by Crippen LogP contribution is -2.55. The van der Waals surface area contributed by atoms with Crippen LogP contribution >= 0.6 is 0 Å². The van der Waals surface area contributed by atoms with E-state index in [-0.39, 0.29) is 11.5 Å². The number of hydrogen-bond donors (Lipinski definition) is 1. The van der Waals surface area contributed by atoms with Crippen LogP contribution in [0.15, 0.2) is 24.3 Å². The van der Waals surface area contributed by atoms with Gasteiger partial charge in [-0.15, -0.1) is 0 Å². The van der Waals surface area contributed by atoms with E-state index in [0.717, 1.165) is 12.3 Å². The lowest BCUT2D eigenvalue weighted by Gasteiger charge is -2.45. The molecule has 1 aromatic rings. The number of ether oxygens (including phenoxy) is 1. The molecule has 2 unspecified atom stereocenters. The summed E-state index contributed by atoms with van der Waals surface area (Å²) in [5.74, 6) is 0.921. The molecule has 3 heteroatoms. The number of hydrogen-bond acceptors (Lipinski definition) is 3. The fourth-order valence-corrected chi connectivity index (χ4v) is 3.30. The van der Waals surface area contributed by atoms with Crippen LogP contribution in [-0.4, -0.2) is 31.1 Å². The van der Waals surface area contributed by atoms with Crippen molar-refractivity contribution in [2.75, 3.05) is 14.2 Å². The van der Waals surface area contributed by atoms with Crippen LogP contribution in [0.25, 0.3) is 0 Å². The molecule has 1 aromatic carbocycles. The standard InChI is InChI=1S/C17H28N2O/c1-17(2)10-6-9-15(16(17)18)19(3)12-13-7-5-8-14(11-13)20-4/h5,7-8,11,15-16H,6,9-10,12,18H2,1-4H3. The molecular weight excluding hydrogens is 248 g/mol. The Morgan fingerprint density at radius 1 is 1.40 bits per heavy atom. The highest BCUT2D eigenvalue weighted by Crippen LogP contribution is 2.36. The van der Waals surface area contributed by atoms with Crippen molar-refractivity contribution in [1.82, 2.24) is 4.90 Å². The first-order valence-electron chi connectivity index (χ1n) is 7.53. The van der Waals surface area contributed by atoms with Gasteiger partial charge in [-0.3, -0.25) is 4.90 Å². The number of rotatable bonds is 4. The molecule has 1 saturated carbocycles. The van der Waals surface area contributed by atoms with Gasteiger partial charge in [0.15, 0.2) is 0 Å². The van der Waals surface area contributed by atoms with Crippen molar-refractivity contribution in [3.63, 3.8) is 0 Å². The van der Waals surface area contributed by atoms with E-state index >= 15 is 0 Å². The van der Waals surface area contributed by atoms with E-state index in [1.54, 1.807) is 7.11 Å². The molecule has 0 saturated heterocycles. The van der Waals surface area contributed by atoms with Gasteiger partial charge in [-0.05, 0) is 43.0 Å². The predicted molar refractivity (Wildman–Crippen MR) is 83.9 cm³/mol. The number of methoxy groups -OCH3 is 1. The Morgan fingerprint density at radius 2 is 2.15 bits per heavy atom. The minimum Gasteiger partial charge on any atom is -0.497 e. The van der Waals surface area contributed by atoms with Crippen LogP contribution < -0.4 is 10.5 Å². The summed E-state index contributed by atoms with van der Waals surface area (Å²) >= 11 is 0. The van der Waals surface area contributed by atoms with Gasteiger partial charge in [-0.2, -0.15) is 0 Å². The van der Waals surface area contributed by atoms with Crippen LogP contribution in [0.5, 0.6) is 5.75 Å². The Bertz CT molecular complexity index is 444. The van der Waals surface area contributed by atoms with Crippen LogP contribution in [0.4, 0.5) is 0 Å². The van der Waals surface area contributed by atoms with Crippen molar-refractivity contribution in [2.45, 2.75) is 51.7 Å². The summed E-state index contributed by atoms with van der Waals surface area (Å²) in [5.41, 5.74) is 8.02. The third-order valence-corrected chi connectivity index (χ3v) is 4.77. The maximum atomic E-state index is 6.50. The molecule has 2 rings (SSSR count). The molecule has 0 radical (unpaired) electrons. The minimum atomic E-state index is 0.242. The second-order valence-electron chi connectivity index (χ2n) is 6.74. The van der Waals surface area contributed by atoms with Gasteiger partial charge in [0.05, 0.1) is 7.11 Å². The Morgan fingerprint density at radius 3 is 2.85 bits per heavy atom. The van der Waals surface area contributed by atoms with E-state index in [9.17, 15) is 0 Å². The van der Waals surface area contributed by atoms with Crippen LogP contribution in [0, 0.1) is 5.41 Å². The number of nitrogens with zero attached hydrogens (tertiary/aromatic N) is 1. The van der Waals surface area contributed by atoms with Crippen molar-refractivity contribution in [3.8, 4) is 5.75 Å². The largest absolute Gasteiger partial charge is 0.497 e. The van der Waals surface area contributed by atoms with Crippen molar-refractivity contribution in [3.05, 3.63) is 29.8 Å². The average molecular weight is 276 g/mol. The minimum absolute atomic E-state index is 0.242. The monoisotopic (exact) mass is 276 g/mol. The molecule has 3 nitrogen and oxygen atoms in total. The second-order valence-corrected chi connectivity index (χ2v) is 6.74. The molecule has 0 heterocycles. The molecule has 20 heavy (non-hydrogen) atoms. The first-order chi connectivity index (χ1) is 9.44. The van der Waals surface area contributed by atoms with Crippen molar-refractivity contribution in [2.24, 2.45) is 11.1 Å². The van der Waals surface area contributed by atoms with Gasteiger partial charge >= 0.3 is 0 Å². The molecule has 112 valence electrons. The molecule has 1 fully saturated rings. The smallest absolute Gasteiger partial charge is 0.119 e. The van der Waals surface area contributed by atoms with E-state index in [4.69, 9.17) is 10.5 Å². The van der Waals surface area contributed by atoms with Gasteiger partial charge in [0.25, 0.3) is 0 Å². The first kappa shape index (κ1) is 15.3. The lowest BCUT2D eigenvalue weighted by atomic mass is 9.71. The van der Waals surface area contributed by atoms with E-state index in [0.29, 0.717) is 6.04 Å². The molecule has 0 spiro atoms. The highest BCUT2D eigenvalue weighted by molar-refractivity contribution is 5.28. The third kappa shape index (κ3) is 3.33. The van der Waals surface area contributed by atoms with Gasteiger partial charge in [0.2, 0.25) is 0 Å². The van der Waals surface area contributed by atoms with Crippen LogP contribution in [0.2, 0.25) is 0 Å². The summed E-state index contributed by atoms with van der Waals surface area (Å²) in [6.45, 7) is 5.51. The fraction of sp³-hybridized carbons (Fsp3) is 0.647. The average Bonchev–Trinajstić information content (AvgIpc) is 2.42. The normalized spacial score (nSPS) is 25.7. The molecule has 2 atom stereocenters. The molecule has 0 aliphatic heterocycles. The summed E-state index contributed by atoms with van der Waals surface area (Å²) in [7, 11) is 3.90. The fourth-order valence-electron chi connectivity index (χ4n) is 3.30. The predicted octanol–water partition coefficient (Wildman–Crippen LogP) is 3.03. The van der Waals surface area contributed by atoms with Crippen LogP contribution in [0.1, 0.15) is 38.7 Å². The van der Waals surface area contributed by atoms with Crippen molar-refractivity contribution >= 4 is 0 Å². The number of nitrogens with two attached hydrogens (primary N) is 1. The topological polar surface area (TPSA) is 38.5 Å². The maximum Gasteiger partial charge on any atom is 0.119 e. The Hall–Kier alpha value is -1.06. The quantitative estimate of drug-likeness (QED) is 0.918. The van der Waals surface area contributed by atoms with Gasteiger partial charge in [-0.1, -0.05) is 32.4 Å². The number of benzene rings is 1. The molecule has 1 aliphatic carbocycles. The van der Waals surface area contributed by atoms with E-state index in [2.05, 4.69) is 37.9 Å². The first-order valence-corrected chi connectivity index (χ1v) is 7.53. The van der Waals surface area contributed by atoms with E-state index < -0.39 is 0 Å². The lowest BCUT2D eigenvalue weighted by molar-refractivity contribution is 0.0804. The van der Waals surface area contributed by atoms with Crippen LogP contribution in [0.3, 0.4) is 0 Å². The third-order valence-electron chi connectivity index (χ3n) is 4.77. The summed E-state index contributed by atoms with van der Waals surface area (Å²) in [5, 5.41) is 0. The second kappa shape index (κ2) is 6.15. The summed E-state index contributed by atoms with van der Waals surface area (Å²) in [6, 6.07) is 9.00. The zero-order valence-electron chi connectivity index (χ0n) is 13.2. The summed E-state index contributed by atoms with van der Waals surface area (Å²) in [4.78, 5) is 2.40. The number of likely N-dealkylation sites (N-methyl/N-ethyl adjacent to an activating group) is 1. The van der Waals surface area contributed by atoms with Gasteiger partial charge in [0.1, 0.15) is 5.75 Å². The Kier molecular flexibility index (Phi) is 4.71. The molecule has 0 aromatic heterocycles. The summed E-state index contributed by atoms with van der Waals surface area (Å²) in [6.07, 6.45) is 3.70. The molecule has 0 bridgehead atoms. The zero-order chi connectivity index (χ0) is 14.8. The van der Waals surface area contributed by atoms with Gasteiger partial charge in [-0.25, -0.2) is 0 Å². The van der Waals surface area contributed by atoms with E-state index in [1.165, 1.54) is 24.8 Å². The van der Waals surface area contributed by atoms with Gasteiger partial charge < -0.3 is 10.5 Å². The SMILES string of the molecule is COc1cccc(CN(C)C2CCCC(C)(C)C2N)c1. The molecular formula is C17H28N2O. The molecule has 0 amide bonds. The van der Waals surface area contributed by atoms with E-state index in [1.807, 2.05) is 12.1 Å². The zero-order valence-corrected chi connectivity index (χ0v) is 13.2. The summed E-state index contributed by atoms with van der Waals surface area (Å²) < 4.78 is 5.29. The highest BCUT2D eigenvalue weighted by atomic mass is 16.5. The molecule has 2 N–H and O–H groups in total.